The van der Waals surface area contributed by atoms with Crippen LogP contribution in [0.2, 0.25) is 10.0 Å². The lowest BCUT2D eigenvalue weighted by molar-refractivity contribution is 0.102. The Morgan fingerprint density at radius 1 is 0.885 bits per heavy atom. The normalized spacial score (nSPS) is 10.5. The first-order valence-electron chi connectivity index (χ1n) is 7.22. The zero-order chi connectivity index (χ0) is 18.7. The summed E-state index contributed by atoms with van der Waals surface area (Å²) in [4.78, 5) is 20.2. The molecule has 132 valence electrons. The van der Waals surface area contributed by atoms with E-state index >= 15 is 0 Å². The number of nitrogens with one attached hydrogen (secondary N) is 2. The van der Waals surface area contributed by atoms with Crippen molar-refractivity contribution in [2.24, 2.45) is 0 Å². The van der Waals surface area contributed by atoms with Gasteiger partial charge in [0.1, 0.15) is 11.5 Å². The number of hydrogen-bond donors (Lipinski definition) is 2. The van der Waals surface area contributed by atoms with E-state index in [4.69, 9.17) is 23.2 Å². The van der Waals surface area contributed by atoms with Gasteiger partial charge in [0.25, 0.3) is 5.91 Å². The van der Waals surface area contributed by atoms with E-state index in [1.807, 2.05) is 0 Å². The van der Waals surface area contributed by atoms with Crippen LogP contribution in [-0.4, -0.2) is 15.9 Å². The molecule has 0 bridgehead atoms. The molecule has 0 saturated heterocycles. The summed E-state index contributed by atoms with van der Waals surface area (Å²) in [5.41, 5.74) is 0.763. The van der Waals surface area contributed by atoms with Crippen molar-refractivity contribution >= 4 is 46.3 Å². The van der Waals surface area contributed by atoms with Crippen molar-refractivity contribution < 1.29 is 13.6 Å². The van der Waals surface area contributed by atoms with Crippen LogP contribution in [0.5, 0.6) is 0 Å². The Hall–Kier alpha value is -2.77. The zero-order valence-corrected chi connectivity index (χ0v) is 14.4. The summed E-state index contributed by atoms with van der Waals surface area (Å²) in [5.74, 6) is -2.18. The van der Waals surface area contributed by atoms with E-state index in [2.05, 4.69) is 20.6 Å². The fourth-order valence-corrected chi connectivity index (χ4v) is 2.58. The predicted octanol–water partition coefficient (Wildman–Crippen LogP) is 5.06. The zero-order valence-electron chi connectivity index (χ0n) is 12.9. The Labute approximate surface area is 157 Å². The first-order valence-corrected chi connectivity index (χ1v) is 7.98. The van der Waals surface area contributed by atoms with Gasteiger partial charge in [0.2, 0.25) is 0 Å². The van der Waals surface area contributed by atoms with Crippen molar-refractivity contribution in [3.63, 3.8) is 0 Å². The van der Waals surface area contributed by atoms with E-state index < -0.39 is 17.5 Å². The summed E-state index contributed by atoms with van der Waals surface area (Å²) in [6.07, 6.45) is 2.53. The molecule has 0 radical (unpaired) electrons. The minimum Gasteiger partial charge on any atom is -0.339 e. The van der Waals surface area contributed by atoms with Crippen molar-refractivity contribution in [1.82, 2.24) is 9.97 Å². The molecule has 0 aliphatic heterocycles. The van der Waals surface area contributed by atoms with Crippen LogP contribution in [0.15, 0.2) is 48.8 Å². The van der Waals surface area contributed by atoms with Crippen molar-refractivity contribution in [2.75, 3.05) is 10.6 Å². The number of halogens is 4. The second kappa shape index (κ2) is 7.63. The quantitative estimate of drug-likeness (QED) is 0.648. The average molecular weight is 395 g/mol. The number of aromatic nitrogens is 2. The average Bonchev–Trinajstić information content (AvgIpc) is 2.58. The fraction of sp³-hybridized carbons (Fsp3) is 0. The maximum atomic E-state index is 13.2. The van der Waals surface area contributed by atoms with Gasteiger partial charge in [-0.05, 0) is 30.3 Å². The first-order chi connectivity index (χ1) is 12.4. The summed E-state index contributed by atoms with van der Waals surface area (Å²) in [7, 11) is 0. The topological polar surface area (TPSA) is 66.9 Å². The van der Waals surface area contributed by atoms with Crippen LogP contribution in [0.3, 0.4) is 0 Å². The molecular formula is C17H10Cl2F2N4O. The molecule has 0 aliphatic carbocycles. The molecule has 0 atom stereocenters. The summed E-state index contributed by atoms with van der Waals surface area (Å²) in [5, 5.41) is 6.12. The Balaban J connectivity index is 1.70. The number of anilines is 3. The lowest BCUT2D eigenvalue weighted by atomic mass is 10.3. The Morgan fingerprint density at radius 3 is 2.23 bits per heavy atom. The van der Waals surface area contributed by atoms with Crippen molar-refractivity contribution in [1.29, 1.82) is 0 Å². The number of nitrogens with zero attached hydrogens (tertiary/aromatic N) is 2. The summed E-state index contributed by atoms with van der Waals surface area (Å²) < 4.78 is 26.1. The number of hydrogen-bond acceptors (Lipinski definition) is 4. The van der Waals surface area contributed by atoms with Gasteiger partial charge >= 0.3 is 0 Å². The van der Waals surface area contributed by atoms with Crippen LogP contribution in [0.4, 0.5) is 26.0 Å². The van der Waals surface area contributed by atoms with Crippen LogP contribution in [-0.2, 0) is 0 Å². The van der Waals surface area contributed by atoms with Gasteiger partial charge in [0.15, 0.2) is 11.6 Å². The highest BCUT2D eigenvalue weighted by Crippen LogP contribution is 2.23. The number of amides is 1. The molecule has 0 fully saturated rings. The van der Waals surface area contributed by atoms with Gasteiger partial charge < -0.3 is 10.6 Å². The number of carbonyl (C=O) groups is 1. The highest BCUT2D eigenvalue weighted by molar-refractivity contribution is 6.35. The molecule has 3 rings (SSSR count). The molecule has 26 heavy (non-hydrogen) atoms. The standard InChI is InChI=1S/C17H10Cl2F2N4O/c18-9-3-10(19)5-12(4-9)25-17(26)15-7-23-16(8-22-15)24-11-1-2-13(20)14(21)6-11/h1-8H,(H,23,24)(H,25,26). The molecule has 0 saturated carbocycles. The molecule has 1 amide bonds. The minimum absolute atomic E-state index is 0.0527. The van der Waals surface area contributed by atoms with Crippen molar-refractivity contribution in [2.45, 2.75) is 0 Å². The van der Waals surface area contributed by atoms with Crippen LogP contribution in [0.25, 0.3) is 0 Å². The first kappa shape index (κ1) is 18.0. The van der Waals surface area contributed by atoms with Gasteiger partial charge in [-0.3, -0.25) is 4.79 Å². The van der Waals surface area contributed by atoms with E-state index in [0.29, 0.717) is 21.4 Å². The van der Waals surface area contributed by atoms with Gasteiger partial charge in [0, 0.05) is 27.5 Å². The Bertz CT molecular complexity index is 947. The van der Waals surface area contributed by atoms with Crippen molar-refractivity contribution in [3.8, 4) is 0 Å². The van der Waals surface area contributed by atoms with E-state index in [9.17, 15) is 13.6 Å². The maximum Gasteiger partial charge on any atom is 0.275 e. The SMILES string of the molecule is O=C(Nc1cc(Cl)cc(Cl)c1)c1cnc(Nc2ccc(F)c(F)c2)cn1. The molecule has 2 aromatic carbocycles. The fourth-order valence-electron chi connectivity index (χ4n) is 2.05. The maximum absolute atomic E-state index is 13.2. The van der Waals surface area contributed by atoms with Gasteiger partial charge in [-0.15, -0.1) is 0 Å². The predicted molar refractivity (Wildman–Crippen MR) is 96.1 cm³/mol. The second-order valence-corrected chi connectivity index (χ2v) is 6.03. The van der Waals surface area contributed by atoms with E-state index in [-0.39, 0.29) is 11.5 Å². The highest BCUT2D eigenvalue weighted by atomic mass is 35.5. The minimum atomic E-state index is -0.987. The Morgan fingerprint density at radius 2 is 1.62 bits per heavy atom. The molecule has 0 spiro atoms. The molecule has 1 heterocycles. The van der Waals surface area contributed by atoms with Crippen LogP contribution in [0, 0.1) is 11.6 Å². The van der Waals surface area contributed by atoms with Crippen LogP contribution < -0.4 is 10.6 Å². The highest BCUT2D eigenvalue weighted by Gasteiger charge is 2.10. The van der Waals surface area contributed by atoms with Gasteiger partial charge in [-0.1, -0.05) is 23.2 Å². The van der Waals surface area contributed by atoms with Gasteiger partial charge in [-0.2, -0.15) is 0 Å². The molecule has 5 nitrogen and oxygen atoms in total. The summed E-state index contributed by atoms with van der Waals surface area (Å²) in [6, 6.07) is 7.94. The lowest BCUT2D eigenvalue weighted by Gasteiger charge is -2.08. The molecule has 1 aromatic heterocycles. The monoisotopic (exact) mass is 394 g/mol. The van der Waals surface area contributed by atoms with Crippen LogP contribution in [0.1, 0.15) is 10.5 Å². The van der Waals surface area contributed by atoms with Gasteiger partial charge in [-0.25, -0.2) is 18.7 Å². The lowest BCUT2D eigenvalue weighted by Crippen LogP contribution is -2.14. The molecule has 2 N–H and O–H groups in total. The molecule has 3 aromatic rings. The van der Waals surface area contributed by atoms with Gasteiger partial charge in [0.05, 0.1) is 12.4 Å². The second-order valence-electron chi connectivity index (χ2n) is 5.15. The van der Waals surface area contributed by atoms with E-state index in [1.165, 1.54) is 36.7 Å². The molecule has 9 heteroatoms. The van der Waals surface area contributed by atoms with Crippen LogP contribution >= 0.6 is 23.2 Å². The number of carbonyl (C=O) groups excluding carboxylic acids is 1. The molecule has 0 aliphatic rings. The summed E-state index contributed by atoms with van der Waals surface area (Å²) >= 11 is 11.8. The smallest absolute Gasteiger partial charge is 0.275 e. The third-order valence-electron chi connectivity index (χ3n) is 3.20. The van der Waals surface area contributed by atoms with E-state index in [0.717, 1.165) is 12.1 Å². The van der Waals surface area contributed by atoms with E-state index in [1.54, 1.807) is 0 Å². The summed E-state index contributed by atoms with van der Waals surface area (Å²) in [6.45, 7) is 0. The number of rotatable bonds is 4. The third-order valence-corrected chi connectivity index (χ3v) is 3.63. The number of benzene rings is 2. The molecule has 0 unspecified atom stereocenters. The van der Waals surface area contributed by atoms with Crippen molar-refractivity contribution in [3.05, 3.63) is 76.2 Å². The Kier molecular flexibility index (Phi) is 5.29. The molecular weight excluding hydrogens is 385 g/mol. The largest absolute Gasteiger partial charge is 0.339 e. The third kappa shape index (κ3) is 4.44.